The summed E-state index contributed by atoms with van der Waals surface area (Å²) in [5.41, 5.74) is 2.75. The molecule has 28 heavy (non-hydrogen) atoms. The molecular weight excluding hydrogens is 380 g/mol. The van der Waals surface area contributed by atoms with Gasteiger partial charge in [-0.3, -0.25) is 9.52 Å². The van der Waals surface area contributed by atoms with Crippen molar-refractivity contribution in [2.24, 2.45) is 0 Å². The van der Waals surface area contributed by atoms with Crippen LogP contribution in [0.5, 0.6) is 5.75 Å². The summed E-state index contributed by atoms with van der Waals surface area (Å²) >= 11 is 0. The number of Topliss-reactive ketones (excluding diaryl/α,β-unsaturated/α-hetero) is 1. The van der Waals surface area contributed by atoms with Crippen molar-refractivity contribution < 1.29 is 22.5 Å². The molecule has 1 heterocycles. The van der Waals surface area contributed by atoms with Crippen LogP contribution in [0.3, 0.4) is 0 Å². The second kappa shape index (κ2) is 7.47. The molecule has 0 radical (unpaired) electrons. The topological polar surface area (TPSA) is 98.5 Å². The number of benzene rings is 2. The van der Waals surface area contributed by atoms with E-state index in [4.69, 9.17) is 9.26 Å². The van der Waals surface area contributed by atoms with Gasteiger partial charge in [0.25, 0.3) is 10.0 Å². The Bertz CT molecular complexity index is 1130. The number of hydrogen-bond donors (Lipinski definition) is 1. The summed E-state index contributed by atoms with van der Waals surface area (Å²) in [6.45, 7) is 4.97. The fourth-order valence-corrected chi connectivity index (χ4v) is 4.19. The molecule has 3 rings (SSSR count). The lowest BCUT2D eigenvalue weighted by Crippen LogP contribution is -2.14. The predicted octanol–water partition coefficient (Wildman–Crippen LogP) is 3.97. The molecule has 146 valence electrons. The minimum atomic E-state index is -3.98. The highest BCUT2D eigenvalue weighted by atomic mass is 32.2. The number of rotatable bonds is 6. The number of aryl methyl sites for hydroxylation is 2. The molecular formula is C20H20N2O5S. The Morgan fingerprint density at radius 1 is 1.14 bits per heavy atom. The first-order chi connectivity index (χ1) is 13.2. The summed E-state index contributed by atoms with van der Waals surface area (Å²) in [7, 11) is -2.57. The Labute approximate surface area is 163 Å². The van der Waals surface area contributed by atoms with Crippen molar-refractivity contribution in [3.63, 3.8) is 0 Å². The van der Waals surface area contributed by atoms with Crippen molar-refractivity contribution in [2.75, 3.05) is 11.8 Å². The molecule has 0 unspecified atom stereocenters. The summed E-state index contributed by atoms with van der Waals surface area (Å²) in [5.74, 6) is 0.637. The van der Waals surface area contributed by atoms with Crippen molar-refractivity contribution in [1.29, 1.82) is 0 Å². The summed E-state index contributed by atoms with van der Waals surface area (Å²) < 4.78 is 39.0. The van der Waals surface area contributed by atoms with Crippen molar-refractivity contribution in [3.05, 3.63) is 59.5 Å². The van der Waals surface area contributed by atoms with E-state index in [9.17, 15) is 13.2 Å². The number of sulfonamides is 1. The van der Waals surface area contributed by atoms with Crippen molar-refractivity contribution in [2.45, 2.75) is 25.7 Å². The van der Waals surface area contributed by atoms with Crippen LogP contribution >= 0.6 is 0 Å². The number of carbonyl (C=O) groups is 1. The lowest BCUT2D eigenvalue weighted by Gasteiger charge is -2.13. The van der Waals surface area contributed by atoms with Crippen LogP contribution in [0.1, 0.15) is 28.7 Å². The Hall–Kier alpha value is -3.13. The smallest absolute Gasteiger partial charge is 0.265 e. The molecule has 3 aromatic rings. The molecule has 0 aliphatic rings. The van der Waals surface area contributed by atoms with Gasteiger partial charge in [0.15, 0.2) is 5.78 Å². The van der Waals surface area contributed by atoms with Gasteiger partial charge in [-0.1, -0.05) is 23.4 Å². The third kappa shape index (κ3) is 3.77. The number of nitrogens with one attached hydrogen (secondary N) is 1. The van der Waals surface area contributed by atoms with Gasteiger partial charge in [0.05, 0.1) is 12.8 Å². The van der Waals surface area contributed by atoms with E-state index < -0.39 is 10.0 Å². The maximum atomic E-state index is 13.0. The third-order valence-corrected chi connectivity index (χ3v) is 5.70. The van der Waals surface area contributed by atoms with Crippen LogP contribution in [0.4, 0.5) is 5.69 Å². The number of methoxy groups -OCH3 is 1. The molecule has 0 bridgehead atoms. The average molecular weight is 400 g/mol. The van der Waals surface area contributed by atoms with Crippen molar-refractivity contribution >= 4 is 21.5 Å². The summed E-state index contributed by atoms with van der Waals surface area (Å²) in [6.07, 6.45) is 0. The standard InChI is InChI=1S/C20H20N2O5S/c1-12-20(14(3)27-21-12)16-8-9-18(26-4)19(11-16)28(24,25)22-17-7-5-6-15(10-17)13(2)23/h5-11,22H,1-4H3. The first-order valence-electron chi connectivity index (χ1n) is 8.48. The monoisotopic (exact) mass is 400 g/mol. The molecule has 1 aromatic heterocycles. The highest BCUT2D eigenvalue weighted by Crippen LogP contribution is 2.34. The van der Waals surface area contributed by atoms with E-state index in [0.717, 1.165) is 5.56 Å². The van der Waals surface area contributed by atoms with Crippen LogP contribution < -0.4 is 9.46 Å². The molecule has 8 heteroatoms. The van der Waals surface area contributed by atoms with E-state index in [0.29, 0.717) is 22.6 Å². The van der Waals surface area contributed by atoms with Gasteiger partial charge in [-0.15, -0.1) is 0 Å². The first-order valence-corrected chi connectivity index (χ1v) is 9.96. The van der Waals surface area contributed by atoms with E-state index in [2.05, 4.69) is 9.88 Å². The fourth-order valence-electron chi connectivity index (χ4n) is 2.95. The largest absolute Gasteiger partial charge is 0.495 e. The van der Waals surface area contributed by atoms with Gasteiger partial charge in [0.1, 0.15) is 16.4 Å². The van der Waals surface area contributed by atoms with Crippen LogP contribution in [-0.4, -0.2) is 26.5 Å². The molecule has 2 aromatic carbocycles. The Morgan fingerprint density at radius 2 is 1.89 bits per heavy atom. The molecule has 0 spiro atoms. The lowest BCUT2D eigenvalue weighted by molar-refractivity contribution is 0.101. The Morgan fingerprint density at radius 3 is 2.50 bits per heavy atom. The number of aromatic nitrogens is 1. The number of anilines is 1. The number of hydrogen-bond acceptors (Lipinski definition) is 6. The predicted molar refractivity (Wildman–Crippen MR) is 105 cm³/mol. The first kappa shape index (κ1) is 19.6. The average Bonchev–Trinajstić information content (AvgIpc) is 2.99. The molecule has 0 amide bonds. The van der Waals surface area contributed by atoms with Crippen LogP contribution in [-0.2, 0) is 10.0 Å². The van der Waals surface area contributed by atoms with Gasteiger partial charge < -0.3 is 9.26 Å². The second-order valence-corrected chi connectivity index (χ2v) is 7.96. The van der Waals surface area contributed by atoms with Crippen LogP contribution in [0, 0.1) is 13.8 Å². The molecule has 0 saturated carbocycles. The van der Waals surface area contributed by atoms with E-state index >= 15 is 0 Å². The Balaban J connectivity index is 2.07. The van der Waals surface area contributed by atoms with Crippen molar-refractivity contribution in [1.82, 2.24) is 5.16 Å². The normalized spacial score (nSPS) is 11.3. The van der Waals surface area contributed by atoms with Gasteiger partial charge in [0, 0.05) is 16.8 Å². The van der Waals surface area contributed by atoms with Crippen LogP contribution in [0.15, 0.2) is 51.9 Å². The maximum Gasteiger partial charge on any atom is 0.265 e. The SMILES string of the molecule is COc1ccc(-c2c(C)noc2C)cc1S(=O)(=O)Nc1cccc(C(C)=O)c1. The zero-order valence-electron chi connectivity index (χ0n) is 15.9. The minimum absolute atomic E-state index is 0.0271. The fraction of sp³-hybridized carbons (Fsp3) is 0.200. The molecule has 0 saturated heterocycles. The van der Waals surface area contributed by atoms with E-state index in [1.807, 2.05) is 0 Å². The molecule has 0 aliphatic heterocycles. The summed E-state index contributed by atoms with van der Waals surface area (Å²) in [5, 5.41) is 3.92. The van der Waals surface area contributed by atoms with Crippen LogP contribution in [0.25, 0.3) is 11.1 Å². The van der Waals surface area contributed by atoms with Gasteiger partial charge in [0.2, 0.25) is 0 Å². The van der Waals surface area contributed by atoms with Gasteiger partial charge in [-0.05, 0) is 50.6 Å². The Kier molecular flexibility index (Phi) is 5.24. The quantitative estimate of drug-likeness (QED) is 0.629. The lowest BCUT2D eigenvalue weighted by atomic mass is 10.0. The molecule has 0 atom stereocenters. The third-order valence-electron chi connectivity index (χ3n) is 4.30. The zero-order chi connectivity index (χ0) is 20.5. The second-order valence-electron chi connectivity index (χ2n) is 6.31. The molecule has 7 nitrogen and oxygen atoms in total. The van der Waals surface area contributed by atoms with Crippen LogP contribution in [0.2, 0.25) is 0 Å². The molecule has 1 N–H and O–H groups in total. The number of nitrogens with zero attached hydrogens (tertiary/aromatic N) is 1. The molecule has 0 aliphatic carbocycles. The van der Waals surface area contributed by atoms with Gasteiger partial charge >= 0.3 is 0 Å². The minimum Gasteiger partial charge on any atom is -0.495 e. The van der Waals surface area contributed by atoms with Gasteiger partial charge in [-0.2, -0.15) is 0 Å². The zero-order valence-corrected chi connectivity index (χ0v) is 16.8. The van der Waals surface area contributed by atoms with Gasteiger partial charge in [-0.25, -0.2) is 8.42 Å². The number of ketones is 1. The van der Waals surface area contributed by atoms with E-state index in [-0.39, 0.29) is 22.1 Å². The maximum absolute atomic E-state index is 13.0. The number of carbonyl (C=O) groups excluding carboxylic acids is 1. The summed E-state index contributed by atoms with van der Waals surface area (Å²) in [6, 6.07) is 11.2. The van der Waals surface area contributed by atoms with Crippen molar-refractivity contribution in [3.8, 4) is 16.9 Å². The van der Waals surface area contributed by atoms with E-state index in [1.165, 1.54) is 26.2 Å². The number of ether oxygens (including phenoxy) is 1. The summed E-state index contributed by atoms with van der Waals surface area (Å²) in [4.78, 5) is 11.5. The highest BCUT2D eigenvalue weighted by molar-refractivity contribution is 7.92. The molecule has 0 fully saturated rings. The highest BCUT2D eigenvalue weighted by Gasteiger charge is 2.23. The van der Waals surface area contributed by atoms with E-state index in [1.54, 1.807) is 44.2 Å².